The number of carbonyl (C=O) groups excluding carboxylic acids is 2. The zero-order valence-corrected chi connectivity index (χ0v) is 14.3. The summed E-state index contributed by atoms with van der Waals surface area (Å²) in [6.45, 7) is 0. The van der Waals surface area contributed by atoms with E-state index < -0.39 is 23.6 Å². The number of hydrogen-bond acceptors (Lipinski definition) is 4. The molecule has 1 amide bonds. The summed E-state index contributed by atoms with van der Waals surface area (Å²) in [5.74, 6) is -0.484. The summed E-state index contributed by atoms with van der Waals surface area (Å²) in [6.07, 6.45) is -1.89. The maximum Gasteiger partial charge on any atom is 0.412 e. The number of ketones is 1. The molecule has 1 aliphatic carbocycles. The number of para-hydroxylation sites is 1. The van der Waals surface area contributed by atoms with E-state index in [2.05, 4.69) is 5.32 Å². The van der Waals surface area contributed by atoms with Gasteiger partial charge in [-0.15, -0.1) is 0 Å². The summed E-state index contributed by atoms with van der Waals surface area (Å²) in [4.78, 5) is 25.5. The van der Waals surface area contributed by atoms with Crippen LogP contribution in [0.3, 0.4) is 0 Å². The SMILES string of the molecule is O=C(Nc1ccccc1)OC1c2ccccc2C(=O)C1(O)c1ccccc1. The molecule has 0 saturated heterocycles. The minimum absolute atomic E-state index is 0.348. The first-order valence-corrected chi connectivity index (χ1v) is 8.55. The van der Waals surface area contributed by atoms with Crippen LogP contribution >= 0.6 is 0 Å². The van der Waals surface area contributed by atoms with Crippen molar-refractivity contribution in [2.24, 2.45) is 0 Å². The number of ether oxygens (including phenoxy) is 1. The minimum atomic E-state index is -1.97. The highest BCUT2D eigenvalue weighted by atomic mass is 16.6. The summed E-state index contributed by atoms with van der Waals surface area (Å²) >= 11 is 0. The second-order valence-corrected chi connectivity index (χ2v) is 6.33. The highest BCUT2D eigenvalue weighted by molar-refractivity contribution is 6.08. The lowest BCUT2D eigenvalue weighted by Crippen LogP contribution is -2.39. The second-order valence-electron chi connectivity index (χ2n) is 6.33. The molecule has 5 heteroatoms. The van der Waals surface area contributed by atoms with Gasteiger partial charge < -0.3 is 9.84 Å². The molecule has 27 heavy (non-hydrogen) atoms. The molecule has 3 aromatic carbocycles. The van der Waals surface area contributed by atoms with Gasteiger partial charge in [0.2, 0.25) is 5.78 Å². The van der Waals surface area contributed by atoms with E-state index in [9.17, 15) is 14.7 Å². The van der Waals surface area contributed by atoms with Crippen molar-refractivity contribution in [1.29, 1.82) is 0 Å². The number of aliphatic hydroxyl groups is 1. The number of anilines is 1. The Balaban J connectivity index is 1.71. The molecular formula is C22H17NO4. The fraction of sp³-hybridized carbons (Fsp3) is 0.0909. The van der Waals surface area contributed by atoms with E-state index in [1.54, 1.807) is 78.9 Å². The van der Waals surface area contributed by atoms with Crippen LogP contribution in [0.5, 0.6) is 0 Å². The quantitative estimate of drug-likeness (QED) is 0.739. The predicted octanol–water partition coefficient (Wildman–Crippen LogP) is 4.06. The van der Waals surface area contributed by atoms with Crippen LogP contribution in [0.15, 0.2) is 84.9 Å². The number of hydrogen-bond donors (Lipinski definition) is 2. The van der Waals surface area contributed by atoms with E-state index in [0.717, 1.165) is 0 Å². The summed E-state index contributed by atoms with van der Waals surface area (Å²) in [5.41, 5.74) is -0.204. The molecule has 0 spiro atoms. The van der Waals surface area contributed by atoms with Gasteiger partial charge in [0.1, 0.15) is 0 Å². The fourth-order valence-electron chi connectivity index (χ4n) is 3.38. The first-order valence-electron chi connectivity index (χ1n) is 8.55. The summed E-state index contributed by atoms with van der Waals surface area (Å²) in [5, 5.41) is 14.0. The van der Waals surface area contributed by atoms with Gasteiger partial charge in [0.05, 0.1) is 0 Å². The van der Waals surface area contributed by atoms with Gasteiger partial charge in [-0.25, -0.2) is 4.79 Å². The van der Waals surface area contributed by atoms with Crippen molar-refractivity contribution in [3.8, 4) is 0 Å². The van der Waals surface area contributed by atoms with Crippen LogP contribution in [0, 0.1) is 0 Å². The molecule has 0 aromatic heterocycles. The van der Waals surface area contributed by atoms with Gasteiger partial charge >= 0.3 is 6.09 Å². The van der Waals surface area contributed by atoms with Crippen molar-refractivity contribution < 1.29 is 19.4 Å². The van der Waals surface area contributed by atoms with Crippen LogP contribution < -0.4 is 5.32 Å². The van der Waals surface area contributed by atoms with Gasteiger partial charge in [0.15, 0.2) is 11.7 Å². The zero-order chi connectivity index (χ0) is 18.9. The summed E-state index contributed by atoms with van der Waals surface area (Å²) in [7, 11) is 0. The number of carbonyl (C=O) groups is 2. The Morgan fingerprint density at radius 3 is 2.19 bits per heavy atom. The Labute approximate surface area is 156 Å². The van der Waals surface area contributed by atoms with Crippen molar-refractivity contribution in [3.05, 3.63) is 102 Å². The van der Waals surface area contributed by atoms with Crippen molar-refractivity contribution >= 4 is 17.6 Å². The van der Waals surface area contributed by atoms with Crippen LogP contribution in [0.4, 0.5) is 10.5 Å². The van der Waals surface area contributed by atoms with Crippen LogP contribution in [-0.2, 0) is 10.3 Å². The molecule has 0 fully saturated rings. The van der Waals surface area contributed by atoms with Crippen molar-refractivity contribution in [2.75, 3.05) is 5.32 Å². The Hall–Kier alpha value is -3.44. The third-order valence-corrected chi connectivity index (χ3v) is 4.67. The molecule has 134 valence electrons. The van der Waals surface area contributed by atoms with E-state index in [1.165, 1.54) is 0 Å². The molecule has 1 aliphatic rings. The van der Waals surface area contributed by atoms with Crippen molar-refractivity contribution in [3.63, 3.8) is 0 Å². The van der Waals surface area contributed by atoms with Gasteiger partial charge in [-0.2, -0.15) is 0 Å². The summed E-state index contributed by atoms with van der Waals surface area (Å²) in [6, 6.07) is 24.2. The minimum Gasteiger partial charge on any atom is -0.437 e. The maximum absolute atomic E-state index is 13.0. The smallest absolute Gasteiger partial charge is 0.412 e. The van der Waals surface area contributed by atoms with E-state index in [0.29, 0.717) is 22.4 Å². The molecule has 3 aromatic rings. The highest BCUT2D eigenvalue weighted by Gasteiger charge is 2.55. The molecule has 0 heterocycles. The molecule has 0 bridgehead atoms. The van der Waals surface area contributed by atoms with Gasteiger partial charge in [-0.05, 0) is 17.7 Å². The van der Waals surface area contributed by atoms with Crippen LogP contribution in [0.25, 0.3) is 0 Å². The molecule has 0 radical (unpaired) electrons. The van der Waals surface area contributed by atoms with E-state index >= 15 is 0 Å². The van der Waals surface area contributed by atoms with E-state index in [1.807, 2.05) is 6.07 Å². The second kappa shape index (κ2) is 6.70. The first kappa shape index (κ1) is 17.0. The number of rotatable bonds is 3. The van der Waals surface area contributed by atoms with Gasteiger partial charge in [-0.3, -0.25) is 10.1 Å². The average Bonchev–Trinajstić information content (AvgIpc) is 2.92. The highest BCUT2D eigenvalue weighted by Crippen LogP contribution is 2.47. The largest absolute Gasteiger partial charge is 0.437 e. The molecule has 2 unspecified atom stereocenters. The van der Waals surface area contributed by atoms with Crippen LogP contribution in [0.1, 0.15) is 27.6 Å². The molecule has 2 N–H and O–H groups in total. The zero-order valence-electron chi connectivity index (χ0n) is 14.3. The predicted molar refractivity (Wildman–Crippen MR) is 100 cm³/mol. The lowest BCUT2D eigenvalue weighted by atomic mass is 9.87. The lowest BCUT2D eigenvalue weighted by molar-refractivity contribution is -0.0514. The lowest BCUT2D eigenvalue weighted by Gasteiger charge is -2.29. The number of fused-ring (bicyclic) bond motifs is 1. The molecule has 4 rings (SSSR count). The Kier molecular flexibility index (Phi) is 4.22. The van der Waals surface area contributed by atoms with Crippen LogP contribution in [0.2, 0.25) is 0 Å². The monoisotopic (exact) mass is 359 g/mol. The Bertz CT molecular complexity index is 987. The average molecular weight is 359 g/mol. The Morgan fingerprint density at radius 2 is 1.48 bits per heavy atom. The molecule has 5 nitrogen and oxygen atoms in total. The van der Waals surface area contributed by atoms with Gasteiger partial charge in [0, 0.05) is 16.8 Å². The molecular weight excluding hydrogens is 342 g/mol. The third kappa shape index (κ3) is 2.88. The van der Waals surface area contributed by atoms with Crippen molar-refractivity contribution in [1.82, 2.24) is 0 Å². The van der Waals surface area contributed by atoms with Crippen LogP contribution in [-0.4, -0.2) is 17.0 Å². The number of Topliss-reactive ketones (excluding diaryl/α,β-unsaturated/α-hetero) is 1. The van der Waals surface area contributed by atoms with E-state index in [4.69, 9.17) is 4.74 Å². The fourth-order valence-corrected chi connectivity index (χ4v) is 3.38. The third-order valence-electron chi connectivity index (χ3n) is 4.67. The first-order chi connectivity index (χ1) is 13.1. The van der Waals surface area contributed by atoms with E-state index in [-0.39, 0.29) is 0 Å². The van der Waals surface area contributed by atoms with Gasteiger partial charge in [-0.1, -0.05) is 72.8 Å². The number of benzene rings is 3. The standard InChI is InChI=1S/C22H17NO4/c24-19-17-13-7-8-14-18(17)20(22(19,26)15-9-3-1-4-10-15)27-21(25)23-16-11-5-2-6-12-16/h1-14,20,26H,(H,23,25). The molecule has 0 saturated carbocycles. The number of amides is 1. The topological polar surface area (TPSA) is 75.6 Å². The normalized spacial score (nSPS) is 20.8. The summed E-state index contributed by atoms with van der Waals surface area (Å²) < 4.78 is 5.56. The number of nitrogens with one attached hydrogen (secondary N) is 1. The Morgan fingerprint density at radius 1 is 0.889 bits per heavy atom. The maximum atomic E-state index is 13.0. The molecule has 0 aliphatic heterocycles. The van der Waals surface area contributed by atoms with Gasteiger partial charge in [0.25, 0.3) is 0 Å². The van der Waals surface area contributed by atoms with Crippen molar-refractivity contribution in [2.45, 2.75) is 11.7 Å². The molecule has 2 atom stereocenters.